The molecule has 1 N–H and O–H groups in total. The van der Waals surface area contributed by atoms with Crippen LogP contribution in [-0.2, 0) is 4.79 Å². The number of rotatable bonds is 0. The zero-order chi connectivity index (χ0) is 9.26. The summed E-state index contributed by atoms with van der Waals surface area (Å²) < 4.78 is 0. The van der Waals surface area contributed by atoms with E-state index in [2.05, 4.69) is 11.4 Å². The Labute approximate surface area is 78.1 Å². The number of carbonyl (C=O) groups is 1. The normalized spacial score (nSPS) is 39.3. The molecule has 0 amide bonds. The Kier molecular flexibility index (Phi) is 2.32. The molecule has 1 heterocycles. The Morgan fingerprint density at radius 2 is 2.31 bits per heavy atom. The Bertz CT molecular complexity index is 256. The van der Waals surface area contributed by atoms with E-state index in [1.807, 2.05) is 0 Å². The van der Waals surface area contributed by atoms with E-state index in [1.165, 1.54) is 0 Å². The van der Waals surface area contributed by atoms with Crippen LogP contribution in [0.5, 0.6) is 0 Å². The van der Waals surface area contributed by atoms with Crippen molar-refractivity contribution in [1.82, 2.24) is 5.32 Å². The number of hydrogen-bond donors (Lipinski definition) is 1. The van der Waals surface area contributed by atoms with Crippen molar-refractivity contribution in [1.29, 1.82) is 5.26 Å². The zero-order valence-corrected chi connectivity index (χ0v) is 7.62. The minimum absolute atomic E-state index is 0.116. The average molecular weight is 178 g/mol. The smallest absolute Gasteiger partial charge is 0.138 e. The quantitative estimate of drug-likeness (QED) is 0.598. The van der Waals surface area contributed by atoms with Gasteiger partial charge in [-0.15, -0.1) is 0 Å². The summed E-state index contributed by atoms with van der Waals surface area (Å²) in [7, 11) is 0. The number of carbonyl (C=O) groups excluding carboxylic acids is 1. The maximum Gasteiger partial charge on any atom is 0.138 e. The first-order chi connectivity index (χ1) is 6.31. The van der Waals surface area contributed by atoms with Crippen LogP contribution >= 0.6 is 0 Å². The third-order valence-electron chi connectivity index (χ3n) is 3.22. The first-order valence-electron chi connectivity index (χ1n) is 4.97. The molecule has 0 bridgehead atoms. The third kappa shape index (κ3) is 1.59. The van der Waals surface area contributed by atoms with Crippen LogP contribution in [-0.4, -0.2) is 18.4 Å². The van der Waals surface area contributed by atoms with Gasteiger partial charge in [0, 0.05) is 30.8 Å². The SMILES string of the molecule is N#CC1CCC2NCCC(=O)C2C1. The highest BCUT2D eigenvalue weighted by molar-refractivity contribution is 5.82. The van der Waals surface area contributed by atoms with Gasteiger partial charge in [0.1, 0.15) is 5.78 Å². The first kappa shape index (κ1) is 8.71. The molecule has 3 unspecified atom stereocenters. The van der Waals surface area contributed by atoms with Crippen LogP contribution in [0.1, 0.15) is 25.7 Å². The molecule has 1 aliphatic heterocycles. The molecule has 2 rings (SSSR count). The van der Waals surface area contributed by atoms with E-state index < -0.39 is 0 Å². The van der Waals surface area contributed by atoms with Crippen molar-refractivity contribution in [3.8, 4) is 6.07 Å². The number of piperidine rings is 1. The molecule has 13 heavy (non-hydrogen) atoms. The molecule has 1 saturated heterocycles. The summed E-state index contributed by atoms with van der Waals surface area (Å²) >= 11 is 0. The third-order valence-corrected chi connectivity index (χ3v) is 3.22. The van der Waals surface area contributed by atoms with Crippen LogP contribution in [0.4, 0.5) is 0 Å². The molecule has 0 spiro atoms. The fourth-order valence-corrected chi connectivity index (χ4v) is 2.45. The number of nitrogens with zero attached hydrogens (tertiary/aromatic N) is 1. The molecular weight excluding hydrogens is 164 g/mol. The van der Waals surface area contributed by atoms with Crippen LogP contribution in [0, 0.1) is 23.2 Å². The summed E-state index contributed by atoms with van der Waals surface area (Å²) in [6.45, 7) is 0.831. The lowest BCUT2D eigenvalue weighted by Gasteiger charge is -2.36. The minimum atomic E-state index is 0.116. The number of nitriles is 1. The fraction of sp³-hybridized carbons (Fsp3) is 0.800. The molecule has 3 atom stereocenters. The predicted octanol–water partition coefficient (Wildman–Crippen LogP) is 0.857. The van der Waals surface area contributed by atoms with Crippen molar-refractivity contribution in [2.75, 3.05) is 6.54 Å². The second-order valence-electron chi connectivity index (χ2n) is 4.02. The van der Waals surface area contributed by atoms with Crippen molar-refractivity contribution >= 4 is 5.78 Å². The number of nitrogens with one attached hydrogen (secondary N) is 1. The van der Waals surface area contributed by atoms with Crippen LogP contribution < -0.4 is 5.32 Å². The molecule has 0 aromatic heterocycles. The summed E-state index contributed by atoms with van der Waals surface area (Å²) in [5, 5.41) is 12.2. The fourth-order valence-electron chi connectivity index (χ4n) is 2.45. The average Bonchev–Trinajstić information content (AvgIpc) is 2.18. The highest BCUT2D eigenvalue weighted by Crippen LogP contribution is 2.31. The van der Waals surface area contributed by atoms with E-state index in [1.54, 1.807) is 0 Å². The molecule has 1 aliphatic carbocycles. The molecule has 1 saturated carbocycles. The second-order valence-corrected chi connectivity index (χ2v) is 4.02. The van der Waals surface area contributed by atoms with Crippen LogP contribution in [0.25, 0.3) is 0 Å². The van der Waals surface area contributed by atoms with Gasteiger partial charge in [0.25, 0.3) is 0 Å². The topological polar surface area (TPSA) is 52.9 Å². The van der Waals surface area contributed by atoms with Crippen LogP contribution in [0.15, 0.2) is 0 Å². The second kappa shape index (κ2) is 3.47. The van der Waals surface area contributed by atoms with Crippen molar-refractivity contribution in [3.05, 3.63) is 0 Å². The highest BCUT2D eigenvalue weighted by Gasteiger charge is 2.36. The van der Waals surface area contributed by atoms with Crippen molar-refractivity contribution in [2.24, 2.45) is 11.8 Å². The van der Waals surface area contributed by atoms with E-state index in [-0.39, 0.29) is 11.8 Å². The lowest BCUT2D eigenvalue weighted by atomic mass is 9.74. The summed E-state index contributed by atoms with van der Waals surface area (Å²) in [4.78, 5) is 11.5. The molecule has 0 aromatic carbocycles. The van der Waals surface area contributed by atoms with Gasteiger partial charge in [0.15, 0.2) is 0 Å². The molecule has 70 valence electrons. The highest BCUT2D eigenvalue weighted by atomic mass is 16.1. The Morgan fingerprint density at radius 1 is 1.46 bits per heavy atom. The van der Waals surface area contributed by atoms with E-state index >= 15 is 0 Å². The molecular formula is C10H14N2O. The molecule has 3 heteroatoms. The maximum absolute atomic E-state index is 11.5. The van der Waals surface area contributed by atoms with Gasteiger partial charge >= 0.3 is 0 Å². The zero-order valence-electron chi connectivity index (χ0n) is 7.62. The number of hydrogen-bond acceptors (Lipinski definition) is 3. The van der Waals surface area contributed by atoms with Gasteiger partial charge in [0.05, 0.1) is 6.07 Å². The van der Waals surface area contributed by atoms with Crippen molar-refractivity contribution in [2.45, 2.75) is 31.7 Å². The van der Waals surface area contributed by atoms with Crippen molar-refractivity contribution < 1.29 is 4.79 Å². The van der Waals surface area contributed by atoms with E-state index in [0.29, 0.717) is 18.2 Å². The Hall–Kier alpha value is -0.880. The molecule has 3 nitrogen and oxygen atoms in total. The monoisotopic (exact) mass is 178 g/mol. The summed E-state index contributed by atoms with van der Waals surface area (Å²) in [6, 6.07) is 2.64. The van der Waals surface area contributed by atoms with Gasteiger partial charge in [-0.05, 0) is 19.3 Å². The maximum atomic E-state index is 11.5. The van der Waals surface area contributed by atoms with Crippen LogP contribution in [0.3, 0.4) is 0 Å². The van der Waals surface area contributed by atoms with E-state index in [9.17, 15) is 4.79 Å². The standard InChI is InChI=1S/C10H14N2O/c11-6-7-1-2-9-8(5-7)10(13)3-4-12-9/h7-9,12H,1-5H2. The van der Waals surface area contributed by atoms with E-state index in [0.717, 1.165) is 25.8 Å². The predicted molar refractivity (Wildman–Crippen MR) is 47.9 cm³/mol. The number of ketones is 1. The summed E-state index contributed by atoms with van der Waals surface area (Å²) in [5.74, 6) is 0.612. The van der Waals surface area contributed by atoms with Gasteiger partial charge in [-0.25, -0.2) is 0 Å². The largest absolute Gasteiger partial charge is 0.313 e. The minimum Gasteiger partial charge on any atom is -0.313 e. The lowest BCUT2D eigenvalue weighted by Crippen LogP contribution is -2.49. The Morgan fingerprint density at radius 3 is 3.08 bits per heavy atom. The Balaban J connectivity index is 2.06. The molecule has 0 radical (unpaired) electrons. The van der Waals surface area contributed by atoms with Crippen LogP contribution in [0.2, 0.25) is 0 Å². The lowest BCUT2D eigenvalue weighted by molar-refractivity contribution is -0.126. The summed E-state index contributed by atoms with van der Waals surface area (Å²) in [6.07, 6.45) is 3.39. The van der Waals surface area contributed by atoms with Gasteiger partial charge in [-0.2, -0.15) is 5.26 Å². The van der Waals surface area contributed by atoms with Gasteiger partial charge in [-0.1, -0.05) is 0 Å². The van der Waals surface area contributed by atoms with Crippen molar-refractivity contribution in [3.63, 3.8) is 0 Å². The van der Waals surface area contributed by atoms with E-state index in [4.69, 9.17) is 5.26 Å². The van der Waals surface area contributed by atoms with Gasteiger partial charge in [0.2, 0.25) is 0 Å². The number of Topliss-reactive ketones (excluding diaryl/α,β-unsaturated/α-hetero) is 1. The van der Waals surface area contributed by atoms with Gasteiger partial charge < -0.3 is 5.32 Å². The molecule has 2 fully saturated rings. The first-order valence-corrected chi connectivity index (χ1v) is 4.97. The number of fused-ring (bicyclic) bond motifs is 1. The summed E-state index contributed by atoms with van der Waals surface area (Å²) in [5.41, 5.74) is 0. The van der Waals surface area contributed by atoms with Gasteiger partial charge in [-0.3, -0.25) is 4.79 Å². The molecule has 2 aliphatic rings. The molecule has 0 aromatic rings.